The Balaban J connectivity index is 1.19. The van der Waals surface area contributed by atoms with Crippen LogP contribution in [0.3, 0.4) is 0 Å². The number of nitrogens with one attached hydrogen (secondary N) is 3. The van der Waals surface area contributed by atoms with Crippen molar-refractivity contribution >= 4 is 43.8 Å². The number of benzene rings is 3. The molecular formula is C25H25N5OS. The highest BCUT2D eigenvalue weighted by Crippen LogP contribution is 2.28. The van der Waals surface area contributed by atoms with Crippen LogP contribution in [0.4, 0.5) is 15.8 Å². The Morgan fingerprint density at radius 2 is 1.78 bits per heavy atom. The van der Waals surface area contributed by atoms with E-state index in [0.717, 1.165) is 43.5 Å². The second-order valence-electron chi connectivity index (χ2n) is 7.89. The summed E-state index contributed by atoms with van der Waals surface area (Å²) in [6.07, 6.45) is 1.69. The Kier molecular flexibility index (Phi) is 6.11. The van der Waals surface area contributed by atoms with Gasteiger partial charge in [0.2, 0.25) is 0 Å². The van der Waals surface area contributed by atoms with E-state index in [2.05, 4.69) is 50.1 Å². The molecule has 1 fully saturated rings. The van der Waals surface area contributed by atoms with Crippen molar-refractivity contribution in [2.45, 2.75) is 6.54 Å². The maximum Gasteiger partial charge on any atom is 0.256 e. The summed E-state index contributed by atoms with van der Waals surface area (Å²) in [7, 11) is 0. The normalized spacial score (nSPS) is 14.4. The third kappa shape index (κ3) is 4.96. The first-order chi connectivity index (χ1) is 15.7. The van der Waals surface area contributed by atoms with Gasteiger partial charge in [0.15, 0.2) is 5.13 Å². The van der Waals surface area contributed by atoms with Gasteiger partial charge in [-0.2, -0.15) is 0 Å². The first kappa shape index (κ1) is 20.6. The summed E-state index contributed by atoms with van der Waals surface area (Å²) in [5.74, 6) is -0.125. The lowest BCUT2D eigenvalue weighted by molar-refractivity contribution is 0.102. The molecule has 0 unspecified atom stereocenters. The molecule has 6 nitrogen and oxygen atoms in total. The van der Waals surface area contributed by atoms with Crippen LogP contribution in [0.1, 0.15) is 15.9 Å². The number of rotatable bonds is 6. The van der Waals surface area contributed by atoms with Crippen molar-refractivity contribution < 1.29 is 4.79 Å². The molecule has 0 bridgehead atoms. The van der Waals surface area contributed by atoms with E-state index in [4.69, 9.17) is 0 Å². The van der Waals surface area contributed by atoms with Gasteiger partial charge in [-0.3, -0.25) is 9.69 Å². The number of carbonyl (C=O) groups excluding carboxylic acids is 1. The molecule has 1 aromatic heterocycles. The van der Waals surface area contributed by atoms with E-state index in [1.165, 1.54) is 27.7 Å². The maximum absolute atomic E-state index is 12.7. The molecule has 7 heteroatoms. The van der Waals surface area contributed by atoms with Crippen LogP contribution < -0.4 is 16.0 Å². The molecule has 32 heavy (non-hydrogen) atoms. The molecule has 1 saturated heterocycles. The quantitative estimate of drug-likeness (QED) is 0.403. The van der Waals surface area contributed by atoms with Crippen LogP contribution >= 0.6 is 11.3 Å². The minimum atomic E-state index is -0.125. The highest BCUT2D eigenvalue weighted by atomic mass is 32.1. The zero-order valence-corrected chi connectivity index (χ0v) is 18.5. The standard InChI is InChI=1S/C25H25N5OS/c31-24(20-7-5-18(6-8-20)17-30-13-11-26-12-14-30)29-23-16-27-25(32-23)28-22-10-9-19-3-1-2-4-21(19)15-22/h1-10,15-16,26H,11-14,17H2,(H,27,28)(H,29,31). The van der Waals surface area contributed by atoms with Crippen molar-refractivity contribution in [3.05, 3.63) is 84.1 Å². The van der Waals surface area contributed by atoms with Crippen molar-refractivity contribution in [1.29, 1.82) is 0 Å². The van der Waals surface area contributed by atoms with E-state index in [1.54, 1.807) is 6.20 Å². The molecule has 0 spiro atoms. The summed E-state index contributed by atoms with van der Waals surface area (Å²) in [4.78, 5) is 19.5. The lowest BCUT2D eigenvalue weighted by Crippen LogP contribution is -2.42. The summed E-state index contributed by atoms with van der Waals surface area (Å²) in [5, 5.41) is 13.5. The minimum absolute atomic E-state index is 0.125. The topological polar surface area (TPSA) is 69.3 Å². The molecule has 3 aromatic carbocycles. The van der Waals surface area contributed by atoms with E-state index in [1.807, 2.05) is 42.5 Å². The molecule has 3 N–H and O–H groups in total. The Labute approximate surface area is 191 Å². The molecule has 5 rings (SSSR count). The van der Waals surface area contributed by atoms with Crippen LogP contribution in [0.2, 0.25) is 0 Å². The average Bonchev–Trinajstić information content (AvgIpc) is 3.26. The first-order valence-electron chi connectivity index (χ1n) is 10.8. The molecule has 2 heterocycles. The fourth-order valence-electron chi connectivity index (χ4n) is 3.85. The van der Waals surface area contributed by atoms with Crippen molar-refractivity contribution in [1.82, 2.24) is 15.2 Å². The zero-order valence-electron chi connectivity index (χ0n) is 17.7. The van der Waals surface area contributed by atoms with Gasteiger partial charge >= 0.3 is 0 Å². The van der Waals surface area contributed by atoms with Gasteiger partial charge in [0.1, 0.15) is 5.00 Å². The van der Waals surface area contributed by atoms with Gasteiger partial charge in [-0.1, -0.05) is 53.8 Å². The van der Waals surface area contributed by atoms with E-state index in [0.29, 0.717) is 10.6 Å². The molecule has 1 amide bonds. The molecule has 0 atom stereocenters. The molecule has 0 aliphatic carbocycles. The Morgan fingerprint density at radius 3 is 2.59 bits per heavy atom. The molecule has 1 aliphatic rings. The van der Waals surface area contributed by atoms with E-state index in [-0.39, 0.29) is 5.91 Å². The largest absolute Gasteiger partial charge is 0.331 e. The fourth-order valence-corrected chi connectivity index (χ4v) is 4.59. The third-order valence-electron chi connectivity index (χ3n) is 5.58. The van der Waals surface area contributed by atoms with Crippen molar-refractivity contribution in [3.8, 4) is 0 Å². The fraction of sp³-hybridized carbons (Fsp3) is 0.200. The Bertz CT molecular complexity index is 1210. The monoisotopic (exact) mass is 443 g/mol. The third-order valence-corrected chi connectivity index (χ3v) is 6.40. The van der Waals surface area contributed by atoms with Gasteiger partial charge in [-0.15, -0.1) is 0 Å². The number of hydrogen-bond acceptors (Lipinski definition) is 6. The van der Waals surface area contributed by atoms with E-state index < -0.39 is 0 Å². The molecule has 0 saturated carbocycles. The van der Waals surface area contributed by atoms with Crippen molar-refractivity contribution in [3.63, 3.8) is 0 Å². The van der Waals surface area contributed by atoms with Crippen molar-refractivity contribution in [2.24, 2.45) is 0 Å². The number of piperazine rings is 1. The summed E-state index contributed by atoms with van der Waals surface area (Å²) in [6, 6.07) is 22.3. The lowest BCUT2D eigenvalue weighted by atomic mass is 10.1. The predicted molar refractivity (Wildman–Crippen MR) is 132 cm³/mol. The van der Waals surface area contributed by atoms with Gasteiger partial charge in [0.25, 0.3) is 5.91 Å². The van der Waals surface area contributed by atoms with E-state index in [9.17, 15) is 4.79 Å². The van der Waals surface area contributed by atoms with Crippen LogP contribution in [0, 0.1) is 0 Å². The van der Waals surface area contributed by atoms with Gasteiger partial charge in [-0.05, 0) is 40.6 Å². The number of hydrogen-bond donors (Lipinski definition) is 3. The molecule has 162 valence electrons. The Hall–Kier alpha value is -3.26. The maximum atomic E-state index is 12.7. The second-order valence-corrected chi connectivity index (χ2v) is 8.92. The number of amides is 1. The molecular weight excluding hydrogens is 418 g/mol. The number of nitrogens with zero attached hydrogens (tertiary/aromatic N) is 2. The van der Waals surface area contributed by atoms with Crippen LogP contribution in [-0.2, 0) is 6.54 Å². The summed E-state index contributed by atoms with van der Waals surface area (Å²) >= 11 is 1.42. The van der Waals surface area contributed by atoms with Gasteiger partial charge in [-0.25, -0.2) is 4.98 Å². The number of carbonyl (C=O) groups is 1. The Morgan fingerprint density at radius 1 is 1.00 bits per heavy atom. The SMILES string of the molecule is O=C(Nc1cnc(Nc2ccc3ccccc3c2)s1)c1ccc(CN2CCNCC2)cc1. The smallest absolute Gasteiger partial charge is 0.256 e. The average molecular weight is 444 g/mol. The summed E-state index contributed by atoms with van der Waals surface area (Å²) in [6.45, 7) is 5.11. The van der Waals surface area contributed by atoms with Crippen LogP contribution in [0.15, 0.2) is 72.9 Å². The summed E-state index contributed by atoms with van der Waals surface area (Å²) < 4.78 is 0. The molecule has 1 aliphatic heterocycles. The molecule has 0 radical (unpaired) electrons. The number of thiazole rings is 1. The molecule has 4 aromatic rings. The number of fused-ring (bicyclic) bond motifs is 1. The zero-order chi connectivity index (χ0) is 21.8. The second kappa shape index (κ2) is 9.48. The minimum Gasteiger partial charge on any atom is -0.331 e. The number of anilines is 3. The van der Waals surface area contributed by atoms with Crippen LogP contribution in [-0.4, -0.2) is 42.0 Å². The predicted octanol–water partition coefficient (Wildman–Crippen LogP) is 4.70. The van der Waals surface area contributed by atoms with Crippen LogP contribution in [0.25, 0.3) is 10.8 Å². The number of aromatic nitrogens is 1. The van der Waals surface area contributed by atoms with Crippen LogP contribution in [0.5, 0.6) is 0 Å². The summed E-state index contributed by atoms with van der Waals surface area (Å²) in [5.41, 5.74) is 2.84. The van der Waals surface area contributed by atoms with Crippen molar-refractivity contribution in [2.75, 3.05) is 36.8 Å². The first-order valence-corrected chi connectivity index (χ1v) is 11.6. The van der Waals surface area contributed by atoms with E-state index >= 15 is 0 Å². The van der Waals surface area contributed by atoms with Gasteiger partial charge < -0.3 is 16.0 Å². The lowest BCUT2D eigenvalue weighted by Gasteiger charge is -2.27. The van der Waals surface area contributed by atoms with Gasteiger partial charge in [0.05, 0.1) is 6.20 Å². The highest BCUT2D eigenvalue weighted by Gasteiger charge is 2.12. The highest BCUT2D eigenvalue weighted by molar-refractivity contribution is 7.19. The van der Waals surface area contributed by atoms with Gasteiger partial charge in [0, 0.05) is 44.0 Å².